The third-order valence-electron chi connectivity index (χ3n) is 3.41. The molecule has 0 bridgehead atoms. The van der Waals surface area contributed by atoms with E-state index in [1.165, 1.54) is 24.4 Å². The van der Waals surface area contributed by atoms with E-state index in [-0.39, 0.29) is 29.9 Å². The third kappa shape index (κ3) is 2.19. The second kappa shape index (κ2) is 5.06. The largest absolute Gasteiger partial charge is 0.326 e. The van der Waals surface area contributed by atoms with Gasteiger partial charge in [-0.1, -0.05) is 12.1 Å². The van der Waals surface area contributed by atoms with Crippen molar-refractivity contribution in [3.8, 4) is 0 Å². The monoisotopic (exact) mass is 285 g/mol. The minimum Gasteiger partial charge on any atom is -0.326 e. The summed E-state index contributed by atoms with van der Waals surface area (Å²) in [5.74, 6) is -1.44. The molecule has 21 heavy (non-hydrogen) atoms. The fourth-order valence-electron chi connectivity index (χ4n) is 2.27. The van der Waals surface area contributed by atoms with Gasteiger partial charge in [0, 0.05) is 18.3 Å². The predicted octanol–water partition coefficient (Wildman–Crippen LogP) is 1.48. The van der Waals surface area contributed by atoms with Crippen molar-refractivity contribution in [1.82, 2.24) is 9.88 Å². The van der Waals surface area contributed by atoms with Crippen molar-refractivity contribution in [3.63, 3.8) is 0 Å². The molecule has 1 aliphatic heterocycles. The van der Waals surface area contributed by atoms with E-state index < -0.39 is 17.6 Å². The predicted molar refractivity (Wildman–Crippen MR) is 72.7 cm³/mol. The maximum absolute atomic E-state index is 14.0. The molecule has 0 saturated carbocycles. The van der Waals surface area contributed by atoms with E-state index in [4.69, 9.17) is 5.73 Å². The van der Waals surface area contributed by atoms with E-state index in [0.717, 1.165) is 4.90 Å². The Morgan fingerprint density at radius 3 is 2.67 bits per heavy atom. The van der Waals surface area contributed by atoms with Gasteiger partial charge in [-0.15, -0.1) is 0 Å². The van der Waals surface area contributed by atoms with Gasteiger partial charge in [0.05, 0.1) is 12.1 Å². The molecule has 0 saturated heterocycles. The number of nitrogens with zero attached hydrogens (tertiary/aromatic N) is 2. The molecule has 0 unspecified atom stereocenters. The van der Waals surface area contributed by atoms with Gasteiger partial charge in [-0.05, 0) is 23.8 Å². The Hall–Kier alpha value is -2.60. The van der Waals surface area contributed by atoms with Gasteiger partial charge in [-0.25, -0.2) is 4.39 Å². The van der Waals surface area contributed by atoms with Crippen LogP contribution in [0, 0.1) is 5.82 Å². The lowest BCUT2D eigenvalue weighted by Crippen LogP contribution is -2.29. The van der Waals surface area contributed by atoms with Gasteiger partial charge in [-0.3, -0.25) is 19.5 Å². The van der Waals surface area contributed by atoms with Gasteiger partial charge in [-0.2, -0.15) is 0 Å². The molecule has 2 heterocycles. The van der Waals surface area contributed by atoms with Gasteiger partial charge in [0.15, 0.2) is 0 Å². The van der Waals surface area contributed by atoms with Crippen molar-refractivity contribution in [2.45, 2.75) is 13.1 Å². The summed E-state index contributed by atoms with van der Waals surface area (Å²) >= 11 is 0. The zero-order valence-electron chi connectivity index (χ0n) is 11.0. The number of rotatable bonds is 3. The first-order chi connectivity index (χ1) is 10.1. The summed E-state index contributed by atoms with van der Waals surface area (Å²) in [7, 11) is 0. The van der Waals surface area contributed by atoms with Gasteiger partial charge in [0.25, 0.3) is 11.8 Å². The fourth-order valence-corrected chi connectivity index (χ4v) is 2.27. The Morgan fingerprint density at radius 2 is 2.00 bits per heavy atom. The van der Waals surface area contributed by atoms with Crippen LogP contribution in [0.25, 0.3) is 0 Å². The molecule has 2 N–H and O–H groups in total. The number of halogens is 1. The minimum atomic E-state index is -0.502. The molecule has 2 amide bonds. The number of imide groups is 1. The van der Waals surface area contributed by atoms with Crippen LogP contribution in [-0.4, -0.2) is 21.7 Å². The SMILES string of the molecule is NCc1ccc(CN2C(=O)c3cccnc3C2=O)c(F)c1. The number of hydrogen-bond acceptors (Lipinski definition) is 4. The molecule has 1 aliphatic rings. The van der Waals surface area contributed by atoms with Crippen LogP contribution in [-0.2, 0) is 13.1 Å². The topological polar surface area (TPSA) is 76.3 Å². The van der Waals surface area contributed by atoms with E-state index in [9.17, 15) is 14.0 Å². The summed E-state index contributed by atoms with van der Waals surface area (Å²) in [4.78, 5) is 29.2. The van der Waals surface area contributed by atoms with Gasteiger partial charge >= 0.3 is 0 Å². The molecule has 2 aromatic rings. The highest BCUT2D eigenvalue weighted by Crippen LogP contribution is 2.23. The second-order valence-electron chi connectivity index (χ2n) is 4.73. The first-order valence-electron chi connectivity index (χ1n) is 6.40. The number of amides is 2. The van der Waals surface area contributed by atoms with E-state index in [0.29, 0.717) is 5.56 Å². The molecule has 1 aromatic carbocycles. The number of aromatic nitrogens is 1. The first kappa shape index (κ1) is 13.4. The van der Waals surface area contributed by atoms with Crippen LogP contribution in [0.4, 0.5) is 4.39 Å². The molecule has 0 spiro atoms. The summed E-state index contributed by atoms with van der Waals surface area (Å²) in [5.41, 5.74) is 6.72. The van der Waals surface area contributed by atoms with Crippen molar-refractivity contribution in [2.24, 2.45) is 5.73 Å². The summed E-state index contributed by atoms with van der Waals surface area (Å²) in [6.45, 7) is 0.110. The van der Waals surface area contributed by atoms with Crippen molar-refractivity contribution >= 4 is 11.8 Å². The Morgan fingerprint density at radius 1 is 1.19 bits per heavy atom. The molecule has 106 valence electrons. The van der Waals surface area contributed by atoms with Crippen LogP contribution in [0.3, 0.4) is 0 Å². The highest BCUT2D eigenvalue weighted by molar-refractivity contribution is 6.20. The fraction of sp³-hybridized carbons (Fsp3) is 0.133. The van der Waals surface area contributed by atoms with E-state index in [2.05, 4.69) is 4.98 Å². The van der Waals surface area contributed by atoms with Gasteiger partial charge < -0.3 is 5.73 Å². The molecular weight excluding hydrogens is 273 g/mol. The molecule has 0 radical (unpaired) electrons. The molecule has 6 heteroatoms. The highest BCUT2D eigenvalue weighted by atomic mass is 19.1. The maximum Gasteiger partial charge on any atom is 0.280 e. The summed E-state index contributed by atoms with van der Waals surface area (Å²) in [6, 6.07) is 7.65. The third-order valence-corrected chi connectivity index (χ3v) is 3.41. The standard InChI is InChI=1S/C15H12FN3O2/c16-12-6-9(7-17)3-4-10(12)8-19-14(20)11-2-1-5-18-13(11)15(19)21/h1-6H,7-8,17H2. The minimum absolute atomic E-state index is 0.112. The maximum atomic E-state index is 14.0. The molecule has 1 aromatic heterocycles. The van der Waals surface area contributed by atoms with Crippen molar-refractivity contribution in [3.05, 3.63) is 64.7 Å². The average Bonchev–Trinajstić information content (AvgIpc) is 2.74. The second-order valence-corrected chi connectivity index (χ2v) is 4.73. The zero-order chi connectivity index (χ0) is 15.0. The van der Waals surface area contributed by atoms with E-state index >= 15 is 0 Å². The lowest BCUT2D eigenvalue weighted by Gasteiger charge is -2.14. The van der Waals surface area contributed by atoms with Crippen LogP contribution in [0.5, 0.6) is 0 Å². The number of carbonyl (C=O) groups excluding carboxylic acids is 2. The van der Waals surface area contributed by atoms with Crippen molar-refractivity contribution in [2.75, 3.05) is 0 Å². The van der Waals surface area contributed by atoms with Crippen LogP contribution in [0.1, 0.15) is 32.0 Å². The van der Waals surface area contributed by atoms with Crippen LogP contribution < -0.4 is 5.73 Å². The summed E-state index contributed by atoms with van der Waals surface area (Å²) in [5, 5.41) is 0. The Labute approximate surface area is 120 Å². The number of hydrogen-bond donors (Lipinski definition) is 1. The number of fused-ring (bicyclic) bond motifs is 1. The van der Waals surface area contributed by atoms with E-state index in [1.54, 1.807) is 12.1 Å². The Bertz CT molecular complexity index is 710. The quantitative estimate of drug-likeness (QED) is 0.866. The Balaban J connectivity index is 1.90. The lowest BCUT2D eigenvalue weighted by molar-refractivity contribution is 0.0639. The number of carbonyl (C=O) groups is 2. The molecule has 0 fully saturated rings. The van der Waals surface area contributed by atoms with Crippen LogP contribution >= 0.6 is 0 Å². The van der Waals surface area contributed by atoms with Gasteiger partial charge in [0.1, 0.15) is 11.5 Å². The number of nitrogens with two attached hydrogens (primary N) is 1. The molecule has 0 aliphatic carbocycles. The average molecular weight is 285 g/mol. The van der Waals surface area contributed by atoms with Gasteiger partial charge in [0.2, 0.25) is 0 Å². The molecular formula is C15H12FN3O2. The Kier molecular flexibility index (Phi) is 3.23. The highest BCUT2D eigenvalue weighted by Gasteiger charge is 2.36. The summed E-state index contributed by atoms with van der Waals surface area (Å²) < 4.78 is 14.0. The normalized spacial score (nSPS) is 13.7. The van der Waals surface area contributed by atoms with Crippen LogP contribution in [0.2, 0.25) is 0 Å². The summed E-state index contributed by atoms with van der Waals surface area (Å²) in [6.07, 6.45) is 1.45. The molecule has 0 atom stereocenters. The molecule has 5 nitrogen and oxygen atoms in total. The van der Waals surface area contributed by atoms with Crippen LogP contribution in [0.15, 0.2) is 36.5 Å². The van der Waals surface area contributed by atoms with Crippen molar-refractivity contribution in [1.29, 1.82) is 0 Å². The number of pyridine rings is 1. The smallest absolute Gasteiger partial charge is 0.280 e. The van der Waals surface area contributed by atoms with Crippen molar-refractivity contribution < 1.29 is 14.0 Å². The lowest BCUT2D eigenvalue weighted by atomic mass is 10.1. The zero-order valence-corrected chi connectivity index (χ0v) is 11.0. The number of benzene rings is 1. The first-order valence-corrected chi connectivity index (χ1v) is 6.40. The van der Waals surface area contributed by atoms with E-state index in [1.807, 2.05) is 0 Å². The molecule has 3 rings (SSSR count).